The van der Waals surface area contributed by atoms with E-state index in [-0.39, 0.29) is 12.1 Å². The van der Waals surface area contributed by atoms with Crippen LogP contribution in [0.1, 0.15) is 18.4 Å². The van der Waals surface area contributed by atoms with Crippen molar-refractivity contribution in [3.05, 3.63) is 97.1 Å². The first-order valence-corrected chi connectivity index (χ1v) is 10.4. The molecule has 1 aromatic heterocycles. The van der Waals surface area contributed by atoms with Crippen molar-refractivity contribution in [2.45, 2.75) is 19.0 Å². The SMILES string of the molecule is C=CC1c2ccccc2N2c3nc4ccccc4nc3N(c3ccccc3)C2C1C. The first-order valence-electron chi connectivity index (χ1n) is 10.4. The van der Waals surface area contributed by atoms with Gasteiger partial charge in [-0.3, -0.25) is 0 Å². The molecule has 6 rings (SSSR count). The van der Waals surface area contributed by atoms with Gasteiger partial charge in [-0.05, 0) is 35.9 Å². The number of fused-ring (bicyclic) bond motifs is 6. The van der Waals surface area contributed by atoms with Crippen LogP contribution in [0.4, 0.5) is 23.0 Å². The van der Waals surface area contributed by atoms with E-state index >= 15 is 0 Å². The van der Waals surface area contributed by atoms with Gasteiger partial charge in [0.25, 0.3) is 0 Å². The van der Waals surface area contributed by atoms with E-state index in [9.17, 15) is 0 Å². The standard InChI is InChI=1S/C26H22N4/c1-3-19-17(2)26-29(18-11-5-4-6-12-18)24-25(28-22-15-9-8-14-21(22)27-24)30(26)23-16-10-7-13-20(19)23/h3-17,19,26H,1H2,2H3. The lowest BCUT2D eigenvalue weighted by molar-refractivity contribution is 0.409. The van der Waals surface area contributed by atoms with E-state index in [1.807, 2.05) is 24.3 Å². The van der Waals surface area contributed by atoms with E-state index in [0.717, 1.165) is 28.4 Å². The fraction of sp³-hybridized carbons (Fsp3) is 0.154. The molecule has 2 aliphatic heterocycles. The van der Waals surface area contributed by atoms with Crippen LogP contribution in [0.3, 0.4) is 0 Å². The van der Waals surface area contributed by atoms with Gasteiger partial charge in [0.2, 0.25) is 0 Å². The maximum atomic E-state index is 5.10. The van der Waals surface area contributed by atoms with E-state index in [2.05, 4.69) is 84.0 Å². The first-order chi connectivity index (χ1) is 14.8. The van der Waals surface area contributed by atoms with Gasteiger partial charge in [-0.15, -0.1) is 6.58 Å². The van der Waals surface area contributed by atoms with Crippen LogP contribution in [-0.4, -0.2) is 16.1 Å². The molecule has 4 aromatic rings. The average molecular weight is 390 g/mol. The van der Waals surface area contributed by atoms with E-state index in [0.29, 0.717) is 5.92 Å². The summed E-state index contributed by atoms with van der Waals surface area (Å²) in [6.07, 6.45) is 2.17. The largest absolute Gasteiger partial charge is 0.302 e. The Morgan fingerprint density at radius 3 is 2.07 bits per heavy atom. The van der Waals surface area contributed by atoms with E-state index < -0.39 is 0 Å². The zero-order valence-corrected chi connectivity index (χ0v) is 16.8. The summed E-state index contributed by atoms with van der Waals surface area (Å²) in [5.41, 5.74) is 5.45. The van der Waals surface area contributed by atoms with E-state index in [4.69, 9.17) is 9.97 Å². The fourth-order valence-electron chi connectivity index (χ4n) is 5.06. The maximum Gasteiger partial charge on any atom is 0.179 e. The Balaban J connectivity index is 1.68. The van der Waals surface area contributed by atoms with Gasteiger partial charge in [-0.2, -0.15) is 0 Å². The Morgan fingerprint density at radius 2 is 1.37 bits per heavy atom. The van der Waals surface area contributed by atoms with Gasteiger partial charge >= 0.3 is 0 Å². The van der Waals surface area contributed by atoms with Gasteiger partial charge in [0.05, 0.1) is 11.0 Å². The number of allylic oxidation sites excluding steroid dienone is 1. The number of benzene rings is 3. The van der Waals surface area contributed by atoms with Crippen LogP contribution in [0.15, 0.2) is 91.5 Å². The molecule has 0 radical (unpaired) electrons. The van der Waals surface area contributed by atoms with Crippen LogP contribution in [0.2, 0.25) is 0 Å². The summed E-state index contributed by atoms with van der Waals surface area (Å²) in [5.74, 6) is 2.40. The molecule has 30 heavy (non-hydrogen) atoms. The minimum atomic E-state index is 0.0807. The van der Waals surface area contributed by atoms with Crippen LogP contribution in [0.25, 0.3) is 11.0 Å². The predicted molar refractivity (Wildman–Crippen MR) is 123 cm³/mol. The molecule has 4 nitrogen and oxygen atoms in total. The molecule has 0 aliphatic carbocycles. The summed E-state index contributed by atoms with van der Waals surface area (Å²) in [7, 11) is 0. The second-order valence-corrected chi connectivity index (χ2v) is 8.03. The number of hydrogen-bond acceptors (Lipinski definition) is 4. The van der Waals surface area contributed by atoms with Crippen molar-refractivity contribution in [2.24, 2.45) is 5.92 Å². The van der Waals surface area contributed by atoms with Gasteiger partial charge in [0.1, 0.15) is 6.17 Å². The summed E-state index contributed by atoms with van der Waals surface area (Å²) < 4.78 is 0. The molecule has 4 heteroatoms. The molecule has 0 spiro atoms. The Labute approximate surface area is 176 Å². The second kappa shape index (κ2) is 6.42. The normalized spacial score (nSPS) is 21.8. The third kappa shape index (κ3) is 2.28. The van der Waals surface area contributed by atoms with E-state index in [1.54, 1.807) is 0 Å². The van der Waals surface area contributed by atoms with Gasteiger partial charge < -0.3 is 9.80 Å². The van der Waals surface area contributed by atoms with Gasteiger partial charge in [0.15, 0.2) is 11.6 Å². The minimum Gasteiger partial charge on any atom is -0.302 e. The fourth-order valence-corrected chi connectivity index (χ4v) is 5.06. The molecule has 0 amide bonds. The van der Waals surface area contributed by atoms with Crippen molar-refractivity contribution >= 4 is 34.0 Å². The van der Waals surface area contributed by atoms with Crippen molar-refractivity contribution in [1.29, 1.82) is 0 Å². The number of nitrogens with zero attached hydrogens (tertiary/aromatic N) is 4. The molecule has 3 unspecified atom stereocenters. The van der Waals surface area contributed by atoms with Crippen LogP contribution in [0, 0.1) is 5.92 Å². The molecular weight excluding hydrogens is 368 g/mol. The highest BCUT2D eigenvalue weighted by atomic mass is 15.5. The van der Waals surface area contributed by atoms with Crippen molar-refractivity contribution in [3.63, 3.8) is 0 Å². The highest BCUT2D eigenvalue weighted by molar-refractivity contribution is 5.90. The quantitative estimate of drug-likeness (QED) is 0.383. The molecule has 0 fully saturated rings. The third-order valence-corrected chi connectivity index (χ3v) is 6.40. The van der Waals surface area contributed by atoms with E-state index in [1.165, 1.54) is 11.3 Å². The lowest BCUT2D eigenvalue weighted by Crippen LogP contribution is -2.48. The molecule has 3 aromatic carbocycles. The Bertz CT molecular complexity index is 1270. The molecule has 146 valence electrons. The Morgan fingerprint density at radius 1 is 0.767 bits per heavy atom. The third-order valence-electron chi connectivity index (χ3n) is 6.40. The predicted octanol–water partition coefficient (Wildman–Crippen LogP) is 6.17. The van der Waals surface area contributed by atoms with Gasteiger partial charge in [0, 0.05) is 23.2 Å². The van der Waals surface area contributed by atoms with Crippen molar-refractivity contribution in [3.8, 4) is 0 Å². The molecule has 0 saturated heterocycles. The number of hydrogen-bond donors (Lipinski definition) is 0. The van der Waals surface area contributed by atoms with Crippen LogP contribution in [-0.2, 0) is 0 Å². The monoisotopic (exact) mass is 390 g/mol. The summed E-state index contributed by atoms with van der Waals surface area (Å²) in [4.78, 5) is 14.9. The molecule has 2 aliphatic rings. The number of anilines is 4. The molecule has 0 N–H and O–H groups in total. The number of aromatic nitrogens is 2. The molecule has 0 bridgehead atoms. The van der Waals surface area contributed by atoms with Crippen LogP contribution in [0.5, 0.6) is 0 Å². The second-order valence-electron chi connectivity index (χ2n) is 8.03. The van der Waals surface area contributed by atoms with Crippen molar-refractivity contribution < 1.29 is 0 Å². The minimum absolute atomic E-state index is 0.0807. The van der Waals surface area contributed by atoms with Crippen molar-refractivity contribution in [1.82, 2.24) is 9.97 Å². The molecule has 3 heterocycles. The summed E-state index contributed by atoms with van der Waals surface area (Å²) in [5, 5.41) is 0. The zero-order valence-electron chi connectivity index (χ0n) is 16.8. The van der Waals surface area contributed by atoms with Crippen LogP contribution >= 0.6 is 0 Å². The van der Waals surface area contributed by atoms with Crippen molar-refractivity contribution in [2.75, 3.05) is 9.80 Å². The average Bonchev–Trinajstić information content (AvgIpc) is 3.13. The Hall–Kier alpha value is -3.66. The highest BCUT2D eigenvalue weighted by Gasteiger charge is 2.49. The topological polar surface area (TPSA) is 32.3 Å². The molecule has 3 atom stereocenters. The smallest absolute Gasteiger partial charge is 0.179 e. The number of para-hydroxylation sites is 4. The molecule has 0 saturated carbocycles. The Kier molecular flexibility index (Phi) is 3.69. The summed E-state index contributed by atoms with van der Waals surface area (Å²) in [6, 6.07) is 27.3. The lowest BCUT2D eigenvalue weighted by atomic mass is 9.80. The van der Waals surface area contributed by atoms with Crippen LogP contribution < -0.4 is 9.80 Å². The highest BCUT2D eigenvalue weighted by Crippen LogP contribution is 2.55. The zero-order chi connectivity index (χ0) is 20.2. The maximum absolute atomic E-state index is 5.10. The number of rotatable bonds is 2. The summed E-state index contributed by atoms with van der Waals surface area (Å²) in [6.45, 7) is 6.48. The molecular formula is C26H22N4. The van der Waals surface area contributed by atoms with Gasteiger partial charge in [-0.1, -0.05) is 61.5 Å². The first kappa shape index (κ1) is 17.2. The summed E-state index contributed by atoms with van der Waals surface area (Å²) >= 11 is 0. The lowest BCUT2D eigenvalue weighted by Gasteiger charge is -2.44. The van der Waals surface area contributed by atoms with Gasteiger partial charge in [-0.25, -0.2) is 9.97 Å².